The van der Waals surface area contributed by atoms with Crippen molar-refractivity contribution in [2.45, 2.75) is 12.2 Å². The lowest BCUT2D eigenvalue weighted by Crippen LogP contribution is -2.27. The summed E-state index contributed by atoms with van der Waals surface area (Å²) in [5.41, 5.74) is 9.56. The molecule has 3 N–H and O–H groups in total. The number of aromatic amines is 1. The molecule has 0 bridgehead atoms. The van der Waals surface area contributed by atoms with Gasteiger partial charge in [0, 0.05) is 28.9 Å². The van der Waals surface area contributed by atoms with Crippen molar-refractivity contribution in [2.75, 3.05) is 0 Å². The molecule has 0 saturated carbocycles. The van der Waals surface area contributed by atoms with Gasteiger partial charge in [-0.15, -0.1) is 0 Å². The largest absolute Gasteiger partial charge is 0.490 e. The topological polar surface area (TPSA) is 104 Å². The van der Waals surface area contributed by atoms with E-state index < -0.39 is 12.1 Å². The first-order chi connectivity index (χ1) is 20.2. The number of nitrogens with zero attached hydrogens (tertiary/aromatic N) is 3. The quantitative estimate of drug-likeness (QED) is 0.196. The van der Waals surface area contributed by atoms with Gasteiger partial charge in [-0.3, -0.25) is 9.97 Å². The first-order valence-electron chi connectivity index (χ1n) is 12.7. The molecule has 208 valence electrons. The number of hydrogen-bond donors (Lipinski definition) is 3. The van der Waals surface area contributed by atoms with Gasteiger partial charge in [0.2, 0.25) is 0 Å². The zero-order valence-corrected chi connectivity index (χ0v) is 22.4. The number of hydrogen-bond acceptors (Lipinski definition) is 5. The van der Waals surface area contributed by atoms with Crippen molar-refractivity contribution >= 4 is 45.1 Å². The van der Waals surface area contributed by atoms with E-state index in [9.17, 15) is 13.2 Å². The summed E-state index contributed by atoms with van der Waals surface area (Å²) >= 11 is 5.95. The van der Waals surface area contributed by atoms with E-state index in [2.05, 4.69) is 74.9 Å². The van der Waals surface area contributed by atoms with Crippen molar-refractivity contribution in [3.05, 3.63) is 114 Å². The molecular weight excluding hydrogens is 563 g/mol. The van der Waals surface area contributed by atoms with Crippen LogP contribution in [0.25, 0.3) is 44.5 Å². The van der Waals surface area contributed by atoms with Crippen LogP contribution in [-0.4, -0.2) is 42.2 Å². The van der Waals surface area contributed by atoms with Crippen LogP contribution in [0.4, 0.5) is 13.2 Å². The third-order valence-corrected chi connectivity index (χ3v) is 7.23. The van der Waals surface area contributed by atoms with Gasteiger partial charge in [0.1, 0.15) is 10.8 Å². The smallest absolute Gasteiger partial charge is 0.475 e. The first-order valence-corrected chi connectivity index (χ1v) is 13.1. The van der Waals surface area contributed by atoms with E-state index >= 15 is 0 Å². The Morgan fingerprint density at radius 2 is 1.62 bits per heavy atom. The van der Waals surface area contributed by atoms with Gasteiger partial charge < -0.3 is 15.4 Å². The fourth-order valence-corrected chi connectivity index (χ4v) is 5.40. The van der Waals surface area contributed by atoms with Gasteiger partial charge in [0.05, 0.1) is 28.8 Å². The highest BCUT2D eigenvalue weighted by atomic mass is 32.1. The Hall–Kier alpha value is -5.16. The van der Waals surface area contributed by atoms with E-state index in [0.29, 0.717) is 4.99 Å². The third-order valence-electron chi connectivity index (χ3n) is 6.90. The second-order valence-corrected chi connectivity index (χ2v) is 9.83. The molecule has 1 atom stereocenters. The molecule has 7 nitrogen and oxygen atoms in total. The molecule has 3 aromatic heterocycles. The van der Waals surface area contributed by atoms with Gasteiger partial charge in [0.25, 0.3) is 0 Å². The minimum atomic E-state index is -5.08. The number of H-pyrrole nitrogens is 1. The van der Waals surface area contributed by atoms with Crippen LogP contribution in [0.5, 0.6) is 0 Å². The summed E-state index contributed by atoms with van der Waals surface area (Å²) in [7, 11) is 0. The molecule has 7 rings (SSSR count). The Balaban J connectivity index is 0.000000405. The lowest BCUT2D eigenvalue weighted by molar-refractivity contribution is -0.192. The number of carboxylic acid groups (broad SMARTS) is 1. The molecule has 0 radical (unpaired) electrons. The van der Waals surface area contributed by atoms with Crippen LogP contribution in [0.3, 0.4) is 0 Å². The highest BCUT2D eigenvalue weighted by Crippen LogP contribution is 2.47. The number of thiocarbonyl (C=S) groups is 1. The Morgan fingerprint density at radius 3 is 2.40 bits per heavy atom. The maximum atomic E-state index is 10.6. The number of rotatable bonds is 3. The van der Waals surface area contributed by atoms with Crippen LogP contribution in [0.1, 0.15) is 22.7 Å². The molecule has 0 amide bonds. The van der Waals surface area contributed by atoms with E-state index in [0.717, 1.165) is 38.9 Å². The fraction of sp³-hybridized carbons (Fsp3) is 0.0645. The van der Waals surface area contributed by atoms with Crippen LogP contribution in [0.2, 0.25) is 0 Å². The van der Waals surface area contributed by atoms with Gasteiger partial charge in [-0.05, 0) is 40.5 Å². The Morgan fingerprint density at radius 1 is 0.881 bits per heavy atom. The molecule has 0 saturated heterocycles. The molecule has 6 aromatic rings. The average Bonchev–Trinajstić information content (AvgIpc) is 3.56. The normalized spacial score (nSPS) is 13.6. The van der Waals surface area contributed by atoms with Crippen molar-refractivity contribution in [1.29, 1.82) is 0 Å². The number of benzene rings is 3. The van der Waals surface area contributed by atoms with Crippen LogP contribution >= 0.6 is 12.2 Å². The monoisotopic (exact) mass is 583 g/mol. The Labute approximate surface area is 242 Å². The summed E-state index contributed by atoms with van der Waals surface area (Å²) in [5.74, 6) is -1.92. The standard InChI is InChI=1S/C29H19N5S.C2HF3O2/c35-29(20-8-4-12-23-17(20)11-5-14-31-23)34-27-19-7-2-1-6-18(19)26-21(27)9-3-10-22(26)28-32-24-13-15-30-16-25(24)33-28;3-2(4,5)1(6)7/h1-16,27H,(H,32,33)(H,34,35);(H,6,7). The highest BCUT2D eigenvalue weighted by molar-refractivity contribution is 7.80. The molecule has 42 heavy (non-hydrogen) atoms. The number of alkyl halides is 3. The van der Waals surface area contributed by atoms with Crippen LogP contribution in [0.15, 0.2) is 97.5 Å². The molecule has 0 spiro atoms. The van der Waals surface area contributed by atoms with Crippen LogP contribution in [0, 0.1) is 0 Å². The minimum absolute atomic E-state index is 0.0633. The number of carbonyl (C=O) groups is 1. The third kappa shape index (κ3) is 4.94. The summed E-state index contributed by atoms with van der Waals surface area (Å²) < 4.78 is 31.7. The molecule has 0 fully saturated rings. The molecule has 1 aliphatic carbocycles. The Bertz CT molecular complexity index is 1950. The minimum Gasteiger partial charge on any atom is -0.475 e. The number of imidazole rings is 1. The van der Waals surface area contributed by atoms with Crippen molar-refractivity contribution in [1.82, 2.24) is 25.3 Å². The molecule has 1 aliphatic rings. The summed E-state index contributed by atoms with van der Waals surface area (Å²) in [6.45, 7) is 0. The number of aliphatic carboxylic acids is 1. The van der Waals surface area contributed by atoms with Crippen molar-refractivity contribution < 1.29 is 23.1 Å². The molecule has 11 heteroatoms. The average molecular weight is 584 g/mol. The molecule has 0 aliphatic heterocycles. The second-order valence-electron chi connectivity index (χ2n) is 9.42. The predicted octanol–water partition coefficient (Wildman–Crippen LogP) is 6.84. The molecule has 3 heterocycles. The summed E-state index contributed by atoms with van der Waals surface area (Å²) in [6, 6.07) is 26.8. The van der Waals surface area contributed by atoms with Gasteiger partial charge in [0.15, 0.2) is 0 Å². The zero-order valence-electron chi connectivity index (χ0n) is 21.6. The molecular formula is C31H20F3N5O2S. The number of fused-ring (bicyclic) bond motifs is 5. The fourth-order valence-electron chi connectivity index (χ4n) is 5.10. The molecule has 1 unspecified atom stereocenters. The van der Waals surface area contributed by atoms with Gasteiger partial charge >= 0.3 is 12.1 Å². The first kappa shape index (κ1) is 27.0. The highest BCUT2D eigenvalue weighted by Gasteiger charge is 2.38. The summed E-state index contributed by atoms with van der Waals surface area (Å²) in [6.07, 6.45) is 0.299. The lowest BCUT2D eigenvalue weighted by atomic mass is 9.98. The van der Waals surface area contributed by atoms with Gasteiger partial charge in [-0.1, -0.05) is 72.9 Å². The van der Waals surface area contributed by atoms with E-state index in [1.54, 1.807) is 6.20 Å². The number of pyridine rings is 2. The van der Waals surface area contributed by atoms with Crippen molar-refractivity contribution in [2.24, 2.45) is 0 Å². The van der Waals surface area contributed by atoms with E-state index in [1.807, 2.05) is 36.7 Å². The van der Waals surface area contributed by atoms with E-state index in [1.165, 1.54) is 22.3 Å². The zero-order chi connectivity index (χ0) is 29.4. The SMILES string of the molecule is O=C(O)C(F)(F)F.S=C(NC1c2ccccc2-c2c(-c3nc4ccncc4[nH]3)cccc21)c1cccc2ncccc12. The maximum Gasteiger partial charge on any atom is 0.490 e. The van der Waals surface area contributed by atoms with Crippen molar-refractivity contribution in [3.63, 3.8) is 0 Å². The van der Waals surface area contributed by atoms with Gasteiger partial charge in [-0.2, -0.15) is 13.2 Å². The Kier molecular flexibility index (Phi) is 6.87. The second kappa shape index (κ2) is 10.7. The van der Waals surface area contributed by atoms with Crippen LogP contribution in [-0.2, 0) is 4.79 Å². The van der Waals surface area contributed by atoms with Gasteiger partial charge in [-0.25, -0.2) is 9.78 Å². The summed E-state index contributed by atoms with van der Waals surface area (Å²) in [4.78, 5) is 26.6. The van der Waals surface area contributed by atoms with Crippen molar-refractivity contribution in [3.8, 4) is 22.5 Å². The van der Waals surface area contributed by atoms with E-state index in [4.69, 9.17) is 27.1 Å². The lowest BCUT2D eigenvalue weighted by Gasteiger charge is -2.19. The summed E-state index contributed by atoms with van der Waals surface area (Å²) in [5, 5.41) is 11.8. The van der Waals surface area contributed by atoms with Crippen LogP contribution < -0.4 is 5.32 Å². The number of carboxylic acids is 1. The number of aromatic nitrogens is 4. The predicted molar refractivity (Wildman–Crippen MR) is 157 cm³/mol. The maximum absolute atomic E-state index is 10.6. The van der Waals surface area contributed by atoms with E-state index in [-0.39, 0.29) is 6.04 Å². The molecule has 3 aromatic carbocycles. The number of halogens is 3. The number of nitrogens with one attached hydrogen (secondary N) is 2.